The molecule has 8 heteroatoms. The van der Waals surface area contributed by atoms with Gasteiger partial charge in [0, 0.05) is 44.0 Å². The highest BCUT2D eigenvalue weighted by molar-refractivity contribution is 7.11. The monoisotopic (exact) mass is 400 g/mol. The minimum absolute atomic E-state index is 0.0955. The maximum atomic E-state index is 12.7. The largest absolute Gasteiger partial charge is 0.353 e. The summed E-state index contributed by atoms with van der Waals surface area (Å²) >= 11 is 1.42. The third-order valence-corrected chi connectivity index (χ3v) is 6.53. The Bertz CT molecular complexity index is 824. The van der Waals surface area contributed by atoms with Crippen molar-refractivity contribution >= 4 is 29.0 Å². The van der Waals surface area contributed by atoms with Gasteiger partial charge in [0.1, 0.15) is 10.7 Å². The first-order valence-electron chi connectivity index (χ1n) is 10.2. The molecule has 0 bridgehead atoms. The van der Waals surface area contributed by atoms with Crippen LogP contribution in [0.3, 0.4) is 0 Å². The average Bonchev–Trinajstić information content (AvgIpc) is 3.14. The van der Waals surface area contributed by atoms with Crippen LogP contribution in [0.4, 0.5) is 11.8 Å². The van der Waals surface area contributed by atoms with E-state index in [0.717, 1.165) is 41.1 Å². The van der Waals surface area contributed by atoms with Crippen molar-refractivity contribution in [2.75, 3.05) is 36.4 Å². The van der Waals surface area contributed by atoms with Crippen LogP contribution in [-0.4, -0.2) is 58.0 Å². The van der Waals surface area contributed by atoms with Crippen molar-refractivity contribution in [2.24, 2.45) is 0 Å². The summed E-state index contributed by atoms with van der Waals surface area (Å²) in [6.07, 6.45) is 6.30. The number of thiazole rings is 1. The third-order valence-electron chi connectivity index (χ3n) is 5.61. The highest BCUT2D eigenvalue weighted by Gasteiger charge is 2.25. The third kappa shape index (κ3) is 4.27. The second kappa shape index (κ2) is 8.43. The smallest absolute Gasteiger partial charge is 0.265 e. The SMILES string of the molecule is Cc1cc(N2CCN(C(=O)c3scnc3C)CC2)nc(NC2CCCCC2)n1. The van der Waals surface area contributed by atoms with Gasteiger partial charge in [0.15, 0.2) is 0 Å². The van der Waals surface area contributed by atoms with E-state index in [-0.39, 0.29) is 5.91 Å². The Kier molecular flexibility index (Phi) is 5.75. The zero-order valence-electron chi connectivity index (χ0n) is 16.6. The fourth-order valence-electron chi connectivity index (χ4n) is 4.00. The molecule has 2 fully saturated rings. The molecule has 0 spiro atoms. The van der Waals surface area contributed by atoms with Crippen LogP contribution in [0.5, 0.6) is 0 Å². The number of amides is 1. The number of carbonyl (C=O) groups excluding carboxylic acids is 1. The van der Waals surface area contributed by atoms with Crippen molar-refractivity contribution in [1.82, 2.24) is 19.9 Å². The molecule has 1 saturated carbocycles. The van der Waals surface area contributed by atoms with Gasteiger partial charge >= 0.3 is 0 Å². The molecule has 1 aliphatic heterocycles. The molecule has 150 valence electrons. The molecule has 3 heterocycles. The Labute approximate surface area is 170 Å². The predicted molar refractivity (Wildman–Crippen MR) is 112 cm³/mol. The van der Waals surface area contributed by atoms with E-state index >= 15 is 0 Å². The number of nitrogens with zero attached hydrogens (tertiary/aromatic N) is 5. The van der Waals surface area contributed by atoms with E-state index < -0.39 is 0 Å². The van der Waals surface area contributed by atoms with Crippen molar-refractivity contribution in [3.8, 4) is 0 Å². The second-order valence-electron chi connectivity index (χ2n) is 7.72. The van der Waals surface area contributed by atoms with E-state index in [2.05, 4.69) is 20.2 Å². The number of aromatic nitrogens is 3. The van der Waals surface area contributed by atoms with Crippen molar-refractivity contribution in [2.45, 2.75) is 52.0 Å². The van der Waals surface area contributed by atoms with Gasteiger partial charge in [0.25, 0.3) is 5.91 Å². The van der Waals surface area contributed by atoms with Crippen LogP contribution in [0, 0.1) is 13.8 Å². The normalized spacial score (nSPS) is 18.4. The van der Waals surface area contributed by atoms with Crippen LogP contribution in [0.1, 0.15) is 53.2 Å². The van der Waals surface area contributed by atoms with Crippen LogP contribution < -0.4 is 10.2 Å². The summed E-state index contributed by atoms with van der Waals surface area (Å²) in [5, 5.41) is 3.53. The number of hydrogen-bond acceptors (Lipinski definition) is 7. The number of rotatable bonds is 4. The van der Waals surface area contributed by atoms with Gasteiger partial charge in [-0.3, -0.25) is 4.79 Å². The van der Waals surface area contributed by atoms with E-state index in [4.69, 9.17) is 4.98 Å². The molecule has 1 amide bonds. The number of hydrogen-bond donors (Lipinski definition) is 1. The van der Waals surface area contributed by atoms with E-state index in [1.54, 1.807) is 5.51 Å². The van der Waals surface area contributed by atoms with Crippen LogP contribution in [-0.2, 0) is 0 Å². The van der Waals surface area contributed by atoms with E-state index in [1.807, 2.05) is 24.8 Å². The highest BCUT2D eigenvalue weighted by atomic mass is 32.1. The lowest BCUT2D eigenvalue weighted by molar-refractivity contribution is 0.0750. The zero-order valence-corrected chi connectivity index (χ0v) is 17.5. The topological polar surface area (TPSA) is 74.2 Å². The molecule has 2 aromatic heterocycles. The number of carbonyl (C=O) groups is 1. The Balaban J connectivity index is 1.40. The summed E-state index contributed by atoms with van der Waals surface area (Å²) in [4.78, 5) is 31.2. The molecule has 1 saturated heterocycles. The highest BCUT2D eigenvalue weighted by Crippen LogP contribution is 2.23. The summed E-state index contributed by atoms with van der Waals surface area (Å²) < 4.78 is 0. The summed E-state index contributed by atoms with van der Waals surface area (Å²) in [5.74, 6) is 1.78. The van der Waals surface area contributed by atoms with Crippen LogP contribution in [0.25, 0.3) is 0 Å². The standard InChI is InChI=1S/C20H28N6OS/c1-14-12-17(24-20(22-14)23-16-6-4-3-5-7-16)25-8-10-26(11-9-25)19(27)18-15(2)21-13-28-18/h12-13,16H,3-11H2,1-2H3,(H,22,23,24). The van der Waals surface area contributed by atoms with Gasteiger partial charge in [-0.05, 0) is 26.7 Å². The van der Waals surface area contributed by atoms with E-state index in [1.165, 1.54) is 43.4 Å². The van der Waals surface area contributed by atoms with Gasteiger partial charge in [0.2, 0.25) is 5.95 Å². The summed E-state index contributed by atoms with van der Waals surface area (Å²) in [7, 11) is 0. The molecular formula is C20H28N6OS. The molecule has 28 heavy (non-hydrogen) atoms. The molecule has 4 rings (SSSR count). The van der Waals surface area contributed by atoms with Crippen molar-refractivity contribution in [3.05, 3.63) is 27.8 Å². The van der Waals surface area contributed by atoms with Gasteiger partial charge in [0.05, 0.1) is 11.2 Å². The summed E-state index contributed by atoms with van der Waals surface area (Å²) in [6.45, 7) is 6.87. The molecule has 7 nitrogen and oxygen atoms in total. The van der Waals surface area contributed by atoms with Crippen LogP contribution in [0.2, 0.25) is 0 Å². The number of nitrogens with one attached hydrogen (secondary N) is 1. The number of anilines is 2. The molecule has 0 unspecified atom stereocenters. The maximum absolute atomic E-state index is 12.7. The second-order valence-corrected chi connectivity index (χ2v) is 8.57. The van der Waals surface area contributed by atoms with Crippen LogP contribution >= 0.6 is 11.3 Å². The number of aryl methyl sites for hydroxylation is 2. The quantitative estimate of drug-likeness (QED) is 0.849. The number of piperazine rings is 1. The molecule has 2 aromatic rings. The Morgan fingerprint density at radius 1 is 1.11 bits per heavy atom. The molecule has 0 atom stereocenters. The van der Waals surface area contributed by atoms with Crippen molar-refractivity contribution < 1.29 is 4.79 Å². The molecule has 2 aliphatic rings. The van der Waals surface area contributed by atoms with Gasteiger partial charge in [-0.2, -0.15) is 4.98 Å². The van der Waals surface area contributed by atoms with Gasteiger partial charge in [-0.15, -0.1) is 11.3 Å². The van der Waals surface area contributed by atoms with Gasteiger partial charge in [-0.1, -0.05) is 19.3 Å². The summed E-state index contributed by atoms with van der Waals surface area (Å²) in [6, 6.07) is 2.53. The fourth-order valence-corrected chi connectivity index (χ4v) is 4.77. The molecule has 1 N–H and O–H groups in total. The van der Waals surface area contributed by atoms with Crippen LogP contribution in [0.15, 0.2) is 11.6 Å². The fraction of sp³-hybridized carbons (Fsp3) is 0.600. The molecule has 1 aliphatic carbocycles. The maximum Gasteiger partial charge on any atom is 0.265 e. The van der Waals surface area contributed by atoms with Crippen molar-refractivity contribution in [1.29, 1.82) is 0 Å². The zero-order chi connectivity index (χ0) is 19.5. The minimum atomic E-state index is 0.0955. The van der Waals surface area contributed by atoms with Crippen molar-refractivity contribution in [3.63, 3.8) is 0 Å². The predicted octanol–water partition coefficient (Wildman–Crippen LogP) is 3.26. The van der Waals surface area contributed by atoms with E-state index in [9.17, 15) is 4.79 Å². The molecule has 0 aromatic carbocycles. The lowest BCUT2D eigenvalue weighted by atomic mass is 9.96. The van der Waals surface area contributed by atoms with Gasteiger partial charge in [-0.25, -0.2) is 9.97 Å². The first-order valence-corrected chi connectivity index (χ1v) is 11.0. The lowest BCUT2D eigenvalue weighted by Gasteiger charge is -2.35. The van der Waals surface area contributed by atoms with Gasteiger partial charge < -0.3 is 15.1 Å². The first-order chi connectivity index (χ1) is 13.6. The molecule has 0 radical (unpaired) electrons. The van der Waals surface area contributed by atoms with E-state index in [0.29, 0.717) is 19.1 Å². The molecular weight excluding hydrogens is 372 g/mol. The first kappa shape index (κ1) is 19.1. The average molecular weight is 401 g/mol. The minimum Gasteiger partial charge on any atom is -0.353 e. The Morgan fingerprint density at radius 3 is 2.54 bits per heavy atom. The Hall–Kier alpha value is -2.22. The Morgan fingerprint density at radius 2 is 1.86 bits per heavy atom. The summed E-state index contributed by atoms with van der Waals surface area (Å²) in [5.41, 5.74) is 3.54. The lowest BCUT2D eigenvalue weighted by Crippen LogP contribution is -2.49.